The summed E-state index contributed by atoms with van der Waals surface area (Å²) in [5, 5.41) is 0. The molecular formula is C6H9Br. The van der Waals surface area contributed by atoms with E-state index in [1.54, 1.807) is 0 Å². The highest BCUT2D eigenvalue weighted by Gasteiger charge is 2.45. The first-order valence-electron chi connectivity index (χ1n) is 3.02. The van der Waals surface area contributed by atoms with Crippen LogP contribution >= 0.6 is 15.9 Å². The maximum atomic E-state index is 3.62. The zero-order valence-electron chi connectivity index (χ0n) is 4.23. The summed E-state index contributed by atoms with van der Waals surface area (Å²) in [6.07, 6.45) is 4.48. The predicted octanol–water partition coefficient (Wildman–Crippen LogP) is 2.18. The summed E-state index contributed by atoms with van der Waals surface area (Å²) >= 11 is 3.62. The first-order chi connectivity index (χ1) is 3.38. The van der Waals surface area contributed by atoms with Gasteiger partial charge in [0.15, 0.2) is 0 Å². The zero-order chi connectivity index (χ0) is 4.85. The normalized spacial score (nSPS) is 57.0. The lowest BCUT2D eigenvalue weighted by Crippen LogP contribution is -2.44. The highest BCUT2D eigenvalue weighted by Crippen LogP contribution is 2.53. The summed E-state index contributed by atoms with van der Waals surface area (Å²) in [7, 11) is 0. The number of halogens is 1. The fraction of sp³-hybridized carbons (Fsp3) is 1.00. The molecule has 2 rings (SSSR count). The molecule has 0 saturated heterocycles. The minimum absolute atomic E-state index is 0.909. The van der Waals surface area contributed by atoms with Crippen molar-refractivity contribution in [3.63, 3.8) is 0 Å². The Morgan fingerprint density at radius 1 is 1.29 bits per heavy atom. The fourth-order valence-corrected chi connectivity index (χ4v) is 2.81. The van der Waals surface area contributed by atoms with Crippen LogP contribution in [0.5, 0.6) is 0 Å². The van der Waals surface area contributed by atoms with Gasteiger partial charge in [-0.05, 0) is 31.1 Å². The van der Waals surface area contributed by atoms with Gasteiger partial charge in [-0.25, -0.2) is 0 Å². The molecule has 0 heterocycles. The van der Waals surface area contributed by atoms with Crippen molar-refractivity contribution in [1.29, 1.82) is 0 Å². The van der Waals surface area contributed by atoms with E-state index in [1.165, 1.54) is 19.3 Å². The molecule has 0 nitrogen and oxygen atoms in total. The van der Waals surface area contributed by atoms with E-state index in [2.05, 4.69) is 15.9 Å². The van der Waals surface area contributed by atoms with Crippen molar-refractivity contribution in [1.82, 2.24) is 0 Å². The van der Waals surface area contributed by atoms with Gasteiger partial charge in [-0.1, -0.05) is 15.9 Å². The molecule has 0 amide bonds. The van der Waals surface area contributed by atoms with Crippen LogP contribution in [0.3, 0.4) is 0 Å². The quantitative estimate of drug-likeness (QED) is 0.477. The molecule has 7 heavy (non-hydrogen) atoms. The lowest BCUT2D eigenvalue weighted by Gasteiger charge is -2.50. The monoisotopic (exact) mass is 160 g/mol. The Hall–Kier alpha value is 0.480. The van der Waals surface area contributed by atoms with E-state index in [-0.39, 0.29) is 0 Å². The Balaban J connectivity index is 1.99. The summed E-state index contributed by atoms with van der Waals surface area (Å²) in [6, 6.07) is 0. The fourth-order valence-electron chi connectivity index (χ4n) is 1.63. The highest BCUT2D eigenvalue weighted by molar-refractivity contribution is 9.09. The standard InChI is InChI=1S/C6H9Br/c7-6-3-4-1-2-5(4)6/h4-6H,1-3H2/t4-,5-,6-/m1/s1. The maximum absolute atomic E-state index is 3.62. The second kappa shape index (κ2) is 1.25. The molecule has 0 aromatic heterocycles. The molecule has 0 bridgehead atoms. The summed E-state index contributed by atoms with van der Waals surface area (Å²) in [4.78, 5) is 0.909. The van der Waals surface area contributed by atoms with Gasteiger partial charge >= 0.3 is 0 Å². The van der Waals surface area contributed by atoms with Gasteiger partial charge in [0.05, 0.1) is 0 Å². The van der Waals surface area contributed by atoms with Crippen LogP contribution in [0.25, 0.3) is 0 Å². The molecular weight excluding hydrogens is 152 g/mol. The highest BCUT2D eigenvalue weighted by atomic mass is 79.9. The first kappa shape index (κ1) is 4.37. The molecule has 0 N–H and O–H groups in total. The van der Waals surface area contributed by atoms with Crippen LogP contribution in [0.4, 0.5) is 0 Å². The average Bonchev–Trinajstić information content (AvgIpc) is 1.59. The minimum Gasteiger partial charge on any atom is -0.0887 e. The van der Waals surface area contributed by atoms with Gasteiger partial charge in [0, 0.05) is 4.83 Å². The molecule has 2 fully saturated rings. The predicted molar refractivity (Wildman–Crippen MR) is 33.5 cm³/mol. The molecule has 0 aromatic carbocycles. The van der Waals surface area contributed by atoms with Crippen LogP contribution in [0.2, 0.25) is 0 Å². The van der Waals surface area contributed by atoms with Crippen molar-refractivity contribution in [2.45, 2.75) is 24.1 Å². The lowest BCUT2D eigenvalue weighted by molar-refractivity contribution is 0.0682. The molecule has 40 valence electrons. The van der Waals surface area contributed by atoms with Crippen LogP contribution in [-0.4, -0.2) is 4.83 Å². The third-order valence-corrected chi connectivity index (χ3v) is 3.52. The number of hydrogen-bond acceptors (Lipinski definition) is 0. The Labute approximate surface area is 52.4 Å². The van der Waals surface area contributed by atoms with Crippen LogP contribution in [0.1, 0.15) is 19.3 Å². The third kappa shape index (κ3) is 0.426. The van der Waals surface area contributed by atoms with E-state index in [4.69, 9.17) is 0 Å². The zero-order valence-corrected chi connectivity index (χ0v) is 5.82. The van der Waals surface area contributed by atoms with Gasteiger partial charge < -0.3 is 0 Å². The molecule has 3 atom stereocenters. The summed E-state index contributed by atoms with van der Waals surface area (Å²) in [5.74, 6) is 2.24. The van der Waals surface area contributed by atoms with Crippen LogP contribution in [0, 0.1) is 11.8 Å². The smallest absolute Gasteiger partial charge is 0.0179 e. The average molecular weight is 161 g/mol. The Morgan fingerprint density at radius 3 is 2.14 bits per heavy atom. The molecule has 0 aliphatic heterocycles. The van der Waals surface area contributed by atoms with Gasteiger partial charge in [0.1, 0.15) is 0 Å². The number of rotatable bonds is 0. The van der Waals surface area contributed by atoms with Crippen LogP contribution in [-0.2, 0) is 0 Å². The van der Waals surface area contributed by atoms with Gasteiger partial charge in [0.25, 0.3) is 0 Å². The Bertz CT molecular complexity index is 86.2. The molecule has 2 aliphatic carbocycles. The molecule has 0 aromatic rings. The van der Waals surface area contributed by atoms with Crippen LogP contribution in [0.15, 0.2) is 0 Å². The molecule has 2 saturated carbocycles. The topological polar surface area (TPSA) is 0 Å². The minimum atomic E-state index is 0.909. The Morgan fingerprint density at radius 2 is 2.14 bits per heavy atom. The van der Waals surface area contributed by atoms with Crippen molar-refractivity contribution < 1.29 is 0 Å². The Kier molecular flexibility index (Phi) is 0.780. The molecule has 1 heteroatoms. The van der Waals surface area contributed by atoms with Crippen molar-refractivity contribution in [3.8, 4) is 0 Å². The number of hydrogen-bond donors (Lipinski definition) is 0. The van der Waals surface area contributed by atoms with Crippen molar-refractivity contribution in [3.05, 3.63) is 0 Å². The summed E-state index contributed by atoms with van der Waals surface area (Å²) in [6.45, 7) is 0. The van der Waals surface area contributed by atoms with E-state index in [0.29, 0.717) is 0 Å². The summed E-state index contributed by atoms with van der Waals surface area (Å²) in [5.41, 5.74) is 0. The molecule has 0 spiro atoms. The van der Waals surface area contributed by atoms with E-state index >= 15 is 0 Å². The van der Waals surface area contributed by atoms with E-state index in [9.17, 15) is 0 Å². The van der Waals surface area contributed by atoms with Crippen LogP contribution < -0.4 is 0 Å². The van der Waals surface area contributed by atoms with E-state index < -0.39 is 0 Å². The SMILES string of the molecule is Br[C@@H]1C[C@H]2CC[C@H]21. The van der Waals surface area contributed by atoms with Gasteiger partial charge in [-0.3, -0.25) is 0 Å². The molecule has 2 aliphatic rings. The van der Waals surface area contributed by atoms with Gasteiger partial charge in [0.2, 0.25) is 0 Å². The summed E-state index contributed by atoms with van der Waals surface area (Å²) < 4.78 is 0. The second-order valence-corrected chi connectivity index (χ2v) is 3.93. The van der Waals surface area contributed by atoms with E-state index in [0.717, 1.165) is 16.7 Å². The third-order valence-electron chi connectivity index (χ3n) is 2.47. The van der Waals surface area contributed by atoms with Crippen molar-refractivity contribution >= 4 is 15.9 Å². The molecule has 0 unspecified atom stereocenters. The van der Waals surface area contributed by atoms with E-state index in [1.807, 2.05) is 0 Å². The lowest BCUT2D eigenvalue weighted by atomic mass is 9.60. The van der Waals surface area contributed by atoms with Gasteiger partial charge in [-0.2, -0.15) is 0 Å². The number of alkyl halides is 1. The first-order valence-corrected chi connectivity index (χ1v) is 3.93. The van der Waals surface area contributed by atoms with Gasteiger partial charge in [-0.15, -0.1) is 0 Å². The molecule has 0 radical (unpaired) electrons. The number of fused-ring (bicyclic) bond motifs is 1. The maximum Gasteiger partial charge on any atom is 0.0179 e. The van der Waals surface area contributed by atoms with Crippen molar-refractivity contribution in [2.75, 3.05) is 0 Å². The second-order valence-electron chi connectivity index (χ2n) is 2.75. The largest absolute Gasteiger partial charge is 0.0887 e. The van der Waals surface area contributed by atoms with Crippen molar-refractivity contribution in [2.24, 2.45) is 11.8 Å².